The zero-order chi connectivity index (χ0) is 19.3. The molecule has 7 heteroatoms. The molecule has 1 amide bonds. The summed E-state index contributed by atoms with van der Waals surface area (Å²) in [7, 11) is 1.63. The highest BCUT2D eigenvalue weighted by atomic mass is 32.1. The van der Waals surface area contributed by atoms with E-state index >= 15 is 0 Å². The van der Waals surface area contributed by atoms with E-state index in [9.17, 15) is 4.79 Å². The van der Waals surface area contributed by atoms with Gasteiger partial charge in [-0.25, -0.2) is 4.98 Å². The summed E-state index contributed by atoms with van der Waals surface area (Å²) in [6, 6.07) is 17.4. The molecule has 0 saturated carbocycles. The Kier molecular flexibility index (Phi) is 5.34. The summed E-state index contributed by atoms with van der Waals surface area (Å²) < 4.78 is 8.08. The Morgan fingerprint density at radius 2 is 1.96 bits per heavy atom. The van der Waals surface area contributed by atoms with E-state index in [0.29, 0.717) is 24.6 Å². The van der Waals surface area contributed by atoms with E-state index in [1.54, 1.807) is 18.2 Å². The molecule has 4 aromatic rings. The van der Waals surface area contributed by atoms with Gasteiger partial charge in [-0.2, -0.15) is 5.10 Å². The molecular weight excluding hydrogens is 372 g/mol. The number of benzene rings is 2. The van der Waals surface area contributed by atoms with Crippen molar-refractivity contribution in [2.45, 2.75) is 13.0 Å². The number of carbonyl (C=O) groups is 1. The largest absolute Gasteiger partial charge is 0.497 e. The molecule has 6 nitrogen and oxygen atoms in total. The zero-order valence-corrected chi connectivity index (χ0v) is 16.3. The van der Waals surface area contributed by atoms with E-state index in [-0.39, 0.29) is 5.91 Å². The number of carbonyl (C=O) groups excluding carboxylic acids is 1. The summed E-state index contributed by atoms with van der Waals surface area (Å²) in [5, 5.41) is 4.95. The molecule has 0 aliphatic carbocycles. The molecule has 2 heterocycles. The third-order valence-corrected chi connectivity index (χ3v) is 5.50. The van der Waals surface area contributed by atoms with Gasteiger partial charge in [-0.05, 0) is 35.9 Å². The Hall–Kier alpha value is -3.19. The van der Waals surface area contributed by atoms with Crippen LogP contribution in [0.5, 0.6) is 5.75 Å². The quantitative estimate of drug-likeness (QED) is 0.480. The van der Waals surface area contributed by atoms with E-state index in [2.05, 4.69) is 10.1 Å². The van der Waals surface area contributed by atoms with Crippen molar-refractivity contribution in [3.05, 3.63) is 72.6 Å². The maximum absolute atomic E-state index is 13.1. The number of para-hydroxylation sites is 1. The molecule has 0 atom stereocenters. The number of thiazole rings is 1. The molecule has 0 aliphatic heterocycles. The van der Waals surface area contributed by atoms with Gasteiger partial charge in [-0.15, -0.1) is 0 Å². The van der Waals surface area contributed by atoms with Gasteiger partial charge in [0.15, 0.2) is 5.13 Å². The van der Waals surface area contributed by atoms with Crippen molar-refractivity contribution in [2.75, 3.05) is 18.6 Å². The number of anilines is 1. The van der Waals surface area contributed by atoms with E-state index in [0.717, 1.165) is 21.5 Å². The zero-order valence-electron chi connectivity index (χ0n) is 15.5. The van der Waals surface area contributed by atoms with E-state index < -0.39 is 0 Å². The van der Waals surface area contributed by atoms with E-state index in [1.165, 1.54) is 11.3 Å². The van der Waals surface area contributed by atoms with Crippen molar-refractivity contribution in [2.24, 2.45) is 0 Å². The lowest BCUT2D eigenvalue weighted by atomic mass is 10.1. The van der Waals surface area contributed by atoms with Crippen molar-refractivity contribution in [3.8, 4) is 5.75 Å². The molecule has 0 N–H and O–H groups in total. The maximum Gasteiger partial charge on any atom is 0.233 e. The molecule has 0 spiro atoms. The van der Waals surface area contributed by atoms with Crippen molar-refractivity contribution in [1.82, 2.24) is 14.8 Å². The van der Waals surface area contributed by atoms with Crippen LogP contribution in [0, 0.1) is 0 Å². The predicted molar refractivity (Wildman–Crippen MR) is 111 cm³/mol. The average Bonchev–Trinajstić information content (AvgIpc) is 3.38. The number of fused-ring (bicyclic) bond motifs is 1. The number of rotatable bonds is 7. The number of amides is 1. The SMILES string of the molecule is COc1ccc(CC(=O)N(CCn2cccn2)c2nc3ccccc3s2)cc1. The number of hydrogen-bond acceptors (Lipinski definition) is 5. The molecular formula is C21H20N4O2S. The van der Waals surface area contributed by atoms with Crippen LogP contribution in [0.4, 0.5) is 5.13 Å². The molecule has 4 rings (SSSR count). The first-order valence-electron chi connectivity index (χ1n) is 8.99. The molecule has 0 unspecified atom stereocenters. The summed E-state index contributed by atoms with van der Waals surface area (Å²) in [5.41, 5.74) is 1.85. The van der Waals surface area contributed by atoms with Crippen LogP contribution in [0.25, 0.3) is 10.2 Å². The molecule has 0 radical (unpaired) electrons. The Morgan fingerprint density at radius 3 is 2.68 bits per heavy atom. The number of aromatic nitrogens is 3. The fraction of sp³-hybridized carbons (Fsp3) is 0.190. The lowest BCUT2D eigenvalue weighted by molar-refractivity contribution is -0.118. The predicted octanol–water partition coefficient (Wildman–Crippen LogP) is 3.78. The molecule has 142 valence electrons. The molecule has 2 aromatic heterocycles. The molecule has 2 aromatic carbocycles. The van der Waals surface area contributed by atoms with Crippen molar-refractivity contribution >= 4 is 32.6 Å². The van der Waals surface area contributed by atoms with E-state index in [1.807, 2.05) is 65.5 Å². The first-order valence-corrected chi connectivity index (χ1v) is 9.81. The smallest absolute Gasteiger partial charge is 0.233 e. The van der Waals surface area contributed by atoms with Gasteiger partial charge < -0.3 is 4.74 Å². The van der Waals surface area contributed by atoms with Crippen LogP contribution < -0.4 is 9.64 Å². The first-order chi connectivity index (χ1) is 13.7. The summed E-state index contributed by atoms with van der Waals surface area (Å²) in [5.74, 6) is 0.786. The lowest BCUT2D eigenvalue weighted by Gasteiger charge is -2.20. The topological polar surface area (TPSA) is 60.2 Å². The number of hydrogen-bond donors (Lipinski definition) is 0. The monoisotopic (exact) mass is 392 g/mol. The normalized spacial score (nSPS) is 10.9. The van der Waals surface area contributed by atoms with Crippen molar-refractivity contribution < 1.29 is 9.53 Å². The number of nitrogens with zero attached hydrogens (tertiary/aromatic N) is 4. The van der Waals surface area contributed by atoms with Crippen molar-refractivity contribution in [3.63, 3.8) is 0 Å². The number of methoxy groups -OCH3 is 1. The molecule has 0 bridgehead atoms. The molecule has 0 aliphatic rings. The second-order valence-corrected chi connectivity index (χ2v) is 7.31. The summed E-state index contributed by atoms with van der Waals surface area (Å²) in [6.07, 6.45) is 3.94. The minimum absolute atomic E-state index is 0.0105. The molecule has 0 fully saturated rings. The molecule has 28 heavy (non-hydrogen) atoms. The van der Waals surface area contributed by atoms with Crippen LogP contribution in [0.2, 0.25) is 0 Å². The first kappa shape index (κ1) is 18.2. The second-order valence-electron chi connectivity index (χ2n) is 6.30. The lowest BCUT2D eigenvalue weighted by Crippen LogP contribution is -2.35. The van der Waals surface area contributed by atoms with Gasteiger partial charge in [-0.3, -0.25) is 14.4 Å². The van der Waals surface area contributed by atoms with E-state index in [4.69, 9.17) is 4.74 Å². The van der Waals surface area contributed by atoms with Crippen molar-refractivity contribution in [1.29, 1.82) is 0 Å². The summed E-state index contributed by atoms with van der Waals surface area (Å²) in [6.45, 7) is 1.12. The fourth-order valence-electron chi connectivity index (χ4n) is 2.95. The van der Waals surface area contributed by atoms with Gasteiger partial charge in [0.2, 0.25) is 5.91 Å². The Labute approximate surface area is 167 Å². The minimum Gasteiger partial charge on any atom is -0.497 e. The second kappa shape index (κ2) is 8.22. The van der Waals surface area contributed by atoms with Crippen LogP contribution in [0.15, 0.2) is 67.0 Å². The van der Waals surface area contributed by atoms with Crippen LogP contribution in [0.3, 0.4) is 0 Å². The van der Waals surface area contributed by atoms with Gasteiger partial charge >= 0.3 is 0 Å². The number of ether oxygens (including phenoxy) is 1. The van der Waals surface area contributed by atoms with Crippen LogP contribution in [-0.4, -0.2) is 34.3 Å². The van der Waals surface area contributed by atoms with Gasteiger partial charge in [0.05, 0.1) is 30.3 Å². The standard InChI is InChI=1S/C21H20N4O2S/c1-27-17-9-7-16(8-10-17)15-20(26)25(14-13-24-12-4-11-22-24)21-23-18-5-2-3-6-19(18)28-21/h2-12H,13-15H2,1H3. The van der Waals surface area contributed by atoms with Gasteiger partial charge in [0, 0.05) is 18.9 Å². The summed E-state index contributed by atoms with van der Waals surface area (Å²) >= 11 is 1.53. The van der Waals surface area contributed by atoms with Gasteiger partial charge in [0.1, 0.15) is 5.75 Å². The average molecular weight is 392 g/mol. The third kappa shape index (κ3) is 4.04. The Morgan fingerprint density at radius 1 is 1.14 bits per heavy atom. The highest BCUT2D eigenvalue weighted by Gasteiger charge is 2.20. The van der Waals surface area contributed by atoms with Crippen LogP contribution in [-0.2, 0) is 17.8 Å². The highest BCUT2D eigenvalue weighted by Crippen LogP contribution is 2.29. The third-order valence-electron chi connectivity index (χ3n) is 4.44. The minimum atomic E-state index is 0.0105. The van der Waals surface area contributed by atoms with Gasteiger partial charge in [-0.1, -0.05) is 35.6 Å². The Bertz CT molecular complexity index is 1020. The Balaban J connectivity index is 1.58. The highest BCUT2D eigenvalue weighted by molar-refractivity contribution is 7.22. The fourth-order valence-corrected chi connectivity index (χ4v) is 3.96. The molecule has 0 saturated heterocycles. The van der Waals surface area contributed by atoms with Crippen LogP contribution >= 0.6 is 11.3 Å². The van der Waals surface area contributed by atoms with Gasteiger partial charge in [0.25, 0.3) is 0 Å². The van der Waals surface area contributed by atoms with Crippen LogP contribution in [0.1, 0.15) is 5.56 Å². The summed E-state index contributed by atoms with van der Waals surface area (Å²) in [4.78, 5) is 19.6. The maximum atomic E-state index is 13.1.